The summed E-state index contributed by atoms with van der Waals surface area (Å²) in [6.07, 6.45) is 6.63. The highest BCUT2D eigenvalue weighted by Crippen LogP contribution is 2.13. The molecule has 4 heteroatoms. The first kappa shape index (κ1) is 12.9. The first-order valence-corrected chi connectivity index (χ1v) is 4.11. The molecule has 0 heterocycles. The Labute approximate surface area is 87.5 Å². The number of hydrogen-bond donors (Lipinski definition) is 2. The number of allylic oxidation sites excluding steroid dienone is 4. The molecule has 0 saturated carbocycles. The second-order valence-electron chi connectivity index (χ2n) is 2.67. The molecule has 0 aliphatic rings. The number of rotatable bonds is 6. The highest BCUT2D eigenvalue weighted by atomic mass is 16.4. The smallest absolute Gasteiger partial charge is 0.331 e. The van der Waals surface area contributed by atoms with Crippen molar-refractivity contribution in [2.75, 3.05) is 0 Å². The molecule has 0 aromatic heterocycles. The fraction of sp³-hybridized carbons (Fsp3) is 0.0909. The van der Waals surface area contributed by atoms with Crippen molar-refractivity contribution in [1.29, 1.82) is 0 Å². The molecule has 4 nitrogen and oxygen atoms in total. The Morgan fingerprint density at radius 3 is 2.20 bits per heavy atom. The Balaban J connectivity index is 4.80. The van der Waals surface area contributed by atoms with Crippen LogP contribution in [0.4, 0.5) is 0 Å². The number of aliphatic carboxylic acids is 2. The highest BCUT2D eigenvalue weighted by molar-refractivity contribution is 5.88. The van der Waals surface area contributed by atoms with E-state index in [0.717, 1.165) is 6.08 Å². The first-order valence-electron chi connectivity index (χ1n) is 4.11. The van der Waals surface area contributed by atoms with E-state index >= 15 is 0 Å². The fourth-order valence-electron chi connectivity index (χ4n) is 0.823. The Morgan fingerprint density at radius 1 is 1.20 bits per heavy atom. The first-order chi connectivity index (χ1) is 6.99. The van der Waals surface area contributed by atoms with Gasteiger partial charge in [0, 0.05) is 17.6 Å². The highest BCUT2D eigenvalue weighted by Gasteiger charge is 2.12. The molecular weight excluding hydrogens is 196 g/mol. The Hall–Kier alpha value is -2.10. The van der Waals surface area contributed by atoms with Crippen molar-refractivity contribution < 1.29 is 19.8 Å². The number of carbonyl (C=O) groups is 2. The molecule has 0 aromatic rings. The molecule has 0 bridgehead atoms. The van der Waals surface area contributed by atoms with Crippen LogP contribution in [0.15, 0.2) is 49.1 Å². The maximum atomic E-state index is 10.6. The lowest BCUT2D eigenvalue weighted by atomic mass is 9.99. The second-order valence-corrected chi connectivity index (χ2v) is 2.67. The third-order valence-corrected chi connectivity index (χ3v) is 1.58. The van der Waals surface area contributed by atoms with Gasteiger partial charge in [0.15, 0.2) is 0 Å². The molecule has 0 radical (unpaired) electrons. The average Bonchev–Trinajstić information content (AvgIpc) is 2.16. The van der Waals surface area contributed by atoms with Gasteiger partial charge in [-0.3, -0.25) is 0 Å². The van der Waals surface area contributed by atoms with Crippen LogP contribution in [0.1, 0.15) is 0 Å². The molecule has 1 atom stereocenters. The molecule has 1 unspecified atom stereocenters. The summed E-state index contributed by atoms with van der Waals surface area (Å²) in [7, 11) is 0. The van der Waals surface area contributed by atoms with E-state index in [9.17, 15) is 9.59 Å². The van der Waals surface area contributed by atoms with Crippen LogP contribution in [0.25, 0.3) is 0 Å². The van der Waals surface area contributed by atoms with E-state index in [0.29, 0.717) is 0 Å². The van der Waals surface area contributed by atoms with E-state index in [1.165, 1.54) is 24.3 Å². The summed E-state index contributed by atoms with van der Waals surface area (Å²) in [5, 5.41) is 17.1. The van der Waals surface area contributed by atoms with Gasteiger partial charge in [-0.1, -0.05) is 37.5 Å². The van der Waals surface area contributed by atoms with Gasteiger partial charge >= 0.3 is 11.9 Å². The number of hydrogen-bond acceptors (Lipinski definition) is 2. The minimum atomic E-state index is -1.16. The predicted molar refractivity (Wildman–Crippen MR) is 56.4 cm³/mol. The molecule has 80 valence electrons. The van der Waals surface area contributed by atoms with E-state index in [1.807, 2.05) is 0 Å². The van der Waals surface area contributed by atoms with Gasteiger partial charge in [0.25, 0.3) is 0 Å². The monoisotopic (exact) mass is 208 g/mol. The summed E-state index contributed by atoms with van der Waals surface area (Å²) in [5.41, 5.74) is -0.0920. The molecule has 0 aliphatic carbocycles. The van der Waals surface area contributed by atoms with Crippen molar-refractivity contribution in [1.82, 2.24) is 0 Å². The average molecular weight is 208 g/mol. The lowest BCUT2D eigenvalue weighted by Gasteiger charge is -2.06. The Morgan fingerprint density at radius 2 is 1.80 bits per heavy atom. The zero-order valence-corrected chi connectivity index (χ0v) is 8.09. The Kier molecular flexibility index (Phi) is 5.48. The molecule has 0 aromatic carbocycles. The third-order valence-electron chi connectivity index (χ3n) is 1.58. The van der Waals surface area contributed by atoms with Gasteiger partial charge in [-0.15, -0.1) is 0 Å². The molecule has 0 amide bonds. The van der Waals surface area contributed by atoms with Crippen LogP contribution in [0.3, 0.4) is 0 Å². The minimum absolute atomic E-state index is 0.0920. The summed E-state index contributed by atoms with van der Waals surface area (Å²) >= 11 is 0. The zero-order valence-electron chi connectivity index (χ0n) is 8.09. The number of carboxylic acid groups (broad SMARTS) is 2. The van der Waals surface area contributed by atoms with Gasteiger partial charge < -0.3 is 10.2 Å². The lowest BCUT2D eigenvalue weighted by molar-refractivity contribution is -0.133. The van der Waals surface area contributed by atoms with Gasteiger partial charge in [-0.2, -0.15) is 0 Å². The number of carboxylic acids is 2. The van der Waals surface area contributed by atoms with E-state index in [2.05, 4.69) is 13.2 Å². The molecule has 0 rings (SSSR count). The fourth-order valence-corrected chi connectivity index (χ4v) is 0.823. The van der Waals surface area contributed by atoms with Crippen LogP contribution in [0.5, 0.6) is 0 Å². The minimum Gasteiger partial charge on any atom is -0.478 e. The van der Waals surface area contributed by atoms with E-state index in [1.54, 1.807) is 0 Å². The SMILES string of the molecule is C=CC=CC(C=CC(=O)O)C(=C)C(=O)O. The van der Waals surface area contributed by atoms with Crippen molar-refractivity contribution >= 4 is 11.9 Å². The van der Waals surface area contributed by atoms with Gasteiger partial charge in [0.1, 0.15) is 0 Å². The largest absolute Gasteiger partial charge is 0.478 e. The quantitative estimate of drug-likeness (QED) is 0.514. The summed E-state index contributed by atoms with van der Waals surface area (Å²) < 4.78 is 0. The van der Waals surface area contributed by atoms with E-state index in [4.69, 9.17) is 10.2 Å². The van der Waals surface area contributed by atoms with Crippen molar-refractivity contribution in [2.24, 2.45) is 5.92 Å². The van der Waals surface area contributed by atoms with Gasteiger partial charge in [-0.25, -0.2) is 9.59 Å². The van der Waals surface area contributed by atoms with Crippen LogP contribution in [0.2, 0.25) is 0 Å². The second kappa shape index (κ2) is 6.37. The molecule has 15 heavy (non-hydrogen) atoms. The summed E-state index contributed by atoms with van der Waals surface area (Å²) in [5.74, 6) is -2.94. The van der Waals surface area contributed by atoms with E-state index < -0.39 is 17.9 Å². The molecule has 0 fully saturated rings. The molecule has 0 spiro atoms. The Bertz CT molecular complexity index is 336. The van der Waals surface area contributed by atoms with Crippen LogP contribution >= 0.6 is 0 Å². The van der Waals surface area contributed by atoms with Gasteiger partial charge in [0.2, 0.25) is 0 Å². The standard InChI is InChI=1S/C11H12O4/c1-3-4-5-9(6-7-10(12)13)8(2)11(14)15/h3-7,9H,1-2H2,(H,12,13)(H,14,15). The van der Waals surface area contributed by atoms with Gasteiger partial charge in [0.05, 0.1) is 0 Å². The van der Waals surface area contributed by atoms with Crippen LogP contribution in [-0.2, 0) is 9.59 Å². The molecule has 2 N–H and O–H groups in total. The topological polar surface area (TPSA) is 74.6 Å². The summed E-state index contributed by atoms with van der Waals surface area (Å²) in [4.78, 5) is 20.9. The molecular formula is C11H12O4. The van der Waals surface area contributed by atoms with Crippen LogP contribution in [0, 0.1) is 5.92 Å². The third kappa shape index (κ3) is 5.25. The maximum absolute atomic E-state index is 10.6. The van der Waals surface area contributed by atoms with Gasteiger partial charge in [-0.05, 0) is 0 Å². The normalized spacial score (nSPS) is 12.8. The van der Waals surface area contributed by atoms with Crippen LogP contribution < -0.4 is 0 Å². The predicted octanol–water partition coefficient (Wildman–Crippen LogP) is 1.63. The zero-order chi connectivity index (χ0) is 11.8. The summed E-state index contributed by atoms with van der Waals surface area (Å²) in [6, 6.07) is 0. The molecule has 0 saturated heterocycles. The summed E-state index contributed by atoms with van der Waals surface area (Å²) in [6.45, 7) is 6.78. The van der Waals surface area contributed by atoms with Crippen LogP contribution in [-0.4, -0.2) is 22.2 Å². The van der Waals surface area contributed by atoms with Crippen molar-refractivity contribution in [3.63, 3.8) is 0 Å². The lowest BCUT2D eigenvalue weighted by Crippen LogP contribution is -2.08. The maximum Gasteiger partial charge on any atom is 0.331 e. The van der Waals surface area contributed by atoms with E-state index in [-0.39, 0.29) is 5.57 Å². The van der Waals surface area contributed by atoms with Crippen molar-refractivity contribution in [3.05, 3.63) is 49.1 Å². The molecule has 0 aliphatic heterocycles. The van der Waals surface area contributed by atoms with Crippen molar-refractivity contribution in [2.45, 2.75) is 0 Å². The van der Waals surface area contributed by atoms with Crippen molar-refractivity contribution in [3.8, 4) is 0 Å².